The summed E-state index contributed by atoms with van der Waals surface area (Å²) in [7, 11) is 0. The molecule has 70 heavy (non-hydrogen) atoms. The third-order valence-electron chi connectivity index (χ3n) is 15.8. The summed E-state index contributed by atoms with van der Waals surface area (Å²) in [5.74, 6) is -1.09. The van der Waals surface area contributed by atoms with Crippen LogP contribution in [0.5, 0.6) is 11.8 Å². The SMILES string of the molecule is CCc1cccc2cc(O)cc(-c3ncc4c(N5CCC[C@@](C)(O)C5)nc(OCC5(CN6CCC(F)(CN7CCN(c8ccc9c(c8)CN([C@H]8CCC(=O)NC8=O)C9=O)CC7)CC6)CC5)nc4c3F)c12. The molecule has 0 radical (unpaired) electrons. The maximum Gasteiger partial charge on any atom is 0.319 e. The molecule has 3 amide bonds. The largest absolute Gasteiger partial charge is 0.508 e. The molecule has 5 fully saturated rings. The third kappa shape index (κ3) is 9.00. The molecule has 3 N–H and O–H groups in total. The molecule has 3 aromatic carbocycles. The number of pyridine rings is 1. The van der Waals surface area contributed by atoms with Gasteiger partial charge in [-0.3, -0.25) is 29.6 Å². The Bertz CT molecular complexity index is 2900. The maximum absolute atomic E-state index is 17.1. The van der Waals surface area contributed by atoms with Crippen LogP contribution in [0.2, 0.25) is 0 Å². The summed E-state index contributed by atoms with van der Waals surface area (Å²) in [6.07, 6.45) is 6.95. The number of aromatic nitrogens is 3. The maximum atomic E-state index is 17.1. The van der Waals surface area contributed by atoms with Crippen molar-refractivity contribution in [3.8, 4) is 23.0 Å². The number of phenolic OH excluding ortho intramolecular Hbond substituents is 1. The summed E-state index contributed by atoms with van der Waals surface area (Å²) in [5, 5.41) is 26.2. The lowest BCUT2D eigenvalue weighted by molar-refractivity contribution is -0.136. The quantitative estimate of drug-likeness (QED) is 0.122. The number of imide groups is 1. The van der Waals surface area contributed by atoms with Crippen molar-refractivity contribution in [3.63, 3.8) is 0 Å². The first-order valence-electron chi connectivity index (χ1n) is 25.0. The van der Waals surface area contributed by atoms with E-state index in [1.165, 1.54) is 0 Å². The first kappa shape index (κ1) is 46.3. The fourth-order valence-electron chi connectivity index (χ4n) is 11.7. The van der Waals surface area contributed by atoms with Crippen molar-refractivity contribution in [2.24, 2.45) is 5.41 Å². The number of benzene rings is 3. The number of β-amino-alcohol motifs (C(OH)–C–C–N with tert-alkyl or cyclic N) is 1. The number of likely N-dealkylation sites (tertiary alicyclic amines) is 1. The average molecular weight is 958 g/mol. The number of aliphatic hydroxyl groups is 1. The molecular weight excluding hydrogens is 897 g/mol. The molecule has 1 saturated carbocycles. The molecule has 15 nitrogen and oxygen atoms in total. The number of alkyl halides is 1. The molecule has 5 aliphatic heterocycles. The second-order valence-corrected chi connectivity index (χ2v) is 21.1. The van der Waals surface area contributed by atoms with Gasteiger partial charge in [-0.05, 0) is 111 Å². The minimum absolute atomic E-state index is 0.00769. The van der Waals surface area contributed by atoms with Crippen LogP contribution < -0.4 is 19.9 Å². The Morgan fingerprint density at radius 2 is 1.67 bits per heavy atom. The van der Waals surface area contributed by atoms with E-state index < -0.39 is 29.0 Å². The summed E-state index contributed by atoms with van der Waals surface area (Å²) >= 11 is 0. The number of nitrogens with one attached hydrogen (secondary N) is 1. The van der Waals surface area contributed by atoms with E-state index in [0.29, 0.717) is 100 Å². The molecule has 2 atom stereocenters. The number of carbonyl (C=O) groups excluding carboxylic acids is 3. The predicted molar refractivity (Wildman–Crippen MR) is 261 cm³/mol. The van der Waals surface area contributed by atoms with Crippen LogP contribution in [0.1, 0.15) is 86.7 Å². The number of aryl methyl sites for hydroxylation is 1. The van der Waals surface area contributed by atoms with E-state index in [0.717, 1.165) is 79.6 Å². The van der Waals surface area contributed by atoms with E-state index in [2.05, 4.69) is 25.0 Å². The van der Waals surface area contributed by atoms with Gasteiger partial charge in [0.15, 0.2) is 5.82 Å². The van der Waals surface area contributed by atoms with Crippen molar-refractivity contribution in [3.05, 3.63) is 77.2 Å². The van der Waals surface area contributed by atoms with Gasteiger partial charge in [0.05, 0.1) is 17.6 Å². The Balaban J connectivity index is 0.727. The molecule has 11 rings (SSSR count). The Morgan fingerprint density at radius 3 is 2.41 bits per heavy atom. The van der Waals surface area contributed by atoms with Gasteiger partial charge in [-0.25, -0.2) is 8.78 Å². The number of amides is 3. The Kier molecular flexibility index (Phi) is 11.9. The molecule has 1 aliphatic carbocycles. The molecule has 7 heterocycles. The van der Waals surface area contributed by atoms with Gasteiger partial charge in [-0.2, -0.15) is 9.97 Å². The number of fused-ring (bicyclic) bond motifs is 3. The summed E-state index contributed by atoms with van der Waals surface area (Å²) in [5.41, 5.74) is 1.66. The number of hydrogen-bond acceptors (Lipinski definition) is 13. The van der Waals surface area contributed by atoms with E-state index >= 15 is 8.78 Å². The summed E-state index contributed by atoms with van der Waals surface area (Å²) < 4.78 is 40.2. The second kappa shape index (κ2) is 18.0. The van der Waals surface area contributed by atoms with E-state index in [-0.39, 0.29) is 46.6 Å². The van der Waals surface area contributed by atoms with Gasteiger partial charge in [0.25, 0.3) is 5.91 Å². The molecule has 6 aliphatic rings. The van der Waals surface area contributed by atoms with Crippen LogP contribution in [0.25, 0.3) is 32.9 Å². The van der Waals surface area contributed by atoms with Crippen molar-refractivity contribution in [2.45, 2.75) is 95.5 Å². The van der Waals surface area contributed by atoms with Gasteiger partial charge in [0.1, 0.15) is 34.5 Å². The van der Waals surface area contributed by atoms with Gasteiger partial charge >= 0.3 is 6.01 Å². The van der Waals surface area contributed by atoms with Crippen LogP contribution in [0.3, 0.4) is 0 Å². The lowest BCUT2D eigenvalue weighted by Crippen LogP contribution is -2.54. The highest BCUT2D eigenvalue weighted by molar-refractivity contribution is 6.06. The number of carbonyl (C=O) groups is 3. The van der Waals surface area contributed by atoms with E-state index in [1.54, 1.807) is 30.2 Å². The van der Waals surface area contributed by atoms with Crippen molar-refractivity contribution >= 4 is 50.9 Å². The number of rotatable bonds is 12. The highest BCUT2D eigenvalue weighted by atomic mass is 19.1. The molecule has 0 spiro atoms. The normalized spacial score (nSPS) is 23.8. The number of anilines is 2. The molecule has 4 saturated heterocycles. The van der Waals surface area contributed by atoms with Crippen LogP contribution >= 0.6 is 0 Å². The molecular formula is C53H61F2N9O6. The highest BCUT2D eigenvalue weighted by Gasteiger charge is 2.47. The molecule has 0 bridgehead atoms. The number of piperidine rings is 3. The zero-order valence-electron chi connectivity index (χ0n) is 40.0. The third-order valence-corrected chi connectivity index (χ3v) is 15.8. The van der Waals surface area contributed by atoms with Gasteiger partial charge in [-0.15, -0.1) is 0 Å². The number of aromatic hydroxyl groups is 1. The molecule has 5 aromatic rings. The van der Waals surface area contributed by atoms with Crippen LogP contribution in [0.4, 0.5) is 20.3 Å². The fourth-order valence-corrected chi connectivity index (χ4v) is 11.7. The Morgan fingerprint density at radius 1 is 0.886 bits per heavy atom. The van der Waals surface area contributed by atoms with Gasteiger partial charge in [0, 0.05) is 107 Å². The average Bonchev–Trinajstić information content (AvgIpc) is 4.03. The number of ether oxygens (including phenoxy) is 1. The topological polar surface area (TPSA) is 168 Å². The minimum Gasteiger partial charge on any atom is -0.508 e. The number of piperazine rings is 1. The number of phenols is 1. The van der Waals surface area contributed by atoms with Crippen molar-refractivity contribution < 1.29 is 38.1 Å². The smallest absolute Gasteiger partial charge is 0.319 e. The second-order valence-electron chi connectivity index (χ2n) is 21.1. The zero-order chi connectivity index (χ0) is 48.5. The summed E-state index contributed by atoms with van der Waals surface area (Å²) in [6, 6.07) is 14.3. The highest BCUT2D eigenvalue weighted by Crippen LogP contribution is 2.48. The van der Waals surface area contributed by atoms with Gasteiger partial charge < -0.3 is 34.5 Å². The van der Waals surface area contributed by atoms with Crippen LogP contribution in [-0.2, 0) is 22.6 Å². The van der Waals surface area contributed by atoms with Crippen LogP contribution in [0, 0.1) is 11.2 Å². The van der Waals surface area contributed by atoms with E-state index in [9.17, 15) is 24.6 Å². The predicted octanol–water partition coefficient (Wildman–Crippen LogP) is 6.15. The summed E-state index contributed by atoms with van der Waals surface area (Å²) in [4.78, 5) is 62.0. The van der Waals surface area contributed by atoms with E-state index in [4.69, 9.17) is 14.7 Å². The lowest BCUT2D eigenvalue weighted by Gasteiger charge is -2.43. The first-order valence-corrected chi connectivity index (χ1v) is 25.0. The monoisotopic (exact) mass is 957 g/mol. The van der Waals surface area contributed by atoms with Crippen LogP contribution in [-0.4, -0.2) is 147 Å². The van der Waals surface area contributed by atoms with Crippen molar-refractivity contribution in [1.82, 2.24) is 35.0 Å². The Labute approximate surface area is 405 Å². The number of nitrogens with zero attached hydrogens (tertiary/aromatic N) is 8. The molecule has 2 aromatic heterocycles. The fraction of sp³-hybridized carbons (Fsp3) is 0.509. The zero-order valence-corrected chi connectivity index (χ0v) is 40.0. The van der Waals surface area contributed by atoms with Gasteiger partial charge in [-0.1, -0.05) is 25.1 Å². The Hall–Kier alpha value is -6.04. The lowest BCUT2D eigenvalue weighted by atomic mass is 9.91. The minimum atomic E-state index is -1.30. The molecule has 17 heteroatoms. The van der Waals surface area contributed by atoms with Crippen LogP contribution in [0.15, 0.2) is 54.7 Å². The van der Waals surface area contributed by atoms with Crippen molar-refractivity contribution in [1.29, 1.82) is 0 Å². The van der Waals surface area contributed by atoms with E-state index in [1.807, 2.05) is 48.2 Å². The van der Waals surface area contributed by atoms with Crippen molar-refractivity contribution in [2.75, 3.05) is 81.9 Å². The summed E-state index contributed by atoms with van der Waals surface area (Å²) in [6.45, 7) is 10.7. The van der Waals surface area contributed by atoms with Gasteiger partial charge in [0.2, 0.25) is 11.8 Å². The standard InChI is InChI=1S/C53H61F2N9O6/c1-3-33-6-4-7-34-25-37(65)26-39(43(33)34)45-44(54)46-40(27-56-45)47(63-17-5-12-51(2,69)29-63)59-50(58-46)70-32-52(13-14-52)30-60-18-15-53(55,16-19-60)31-61-20-22-62(23-21-61)36-8-9-38-35(24-36)28-64(49(38)68)41-10-11-42(66)57-48(41)67/h4,6-9,24-27,41,65,69H,3,5,10-23,28-32H2,1-2H3,(H,57,66,67)/t41-,51+/m0/s1. The molecule has 0 unspecified atom stereocenters. The number of halogens is 2. The molecule has 368 valence electrons. The number of hydrogen-bond donors (Lipinski definition) is 3. The first-order chi connectivity index (χ1) is 33.7.